The molecule has 0 heterocycles. The third kappa shape index (κ3) is 3.19. The number of aryl methyl sites for hydroxylation is 1. The molecule has 0 aliphatic heterocycles. The van der Waals surface area contributed by atoms with Gasteiger partial charge in [-0.2, -0.15) is 0 Å². The highest BCUT2D eigenvalue weighted by atomic mass is 19.1. The molecule has 0 amide bonds. The average molecular weight is 391 g/mol. The van der Waals surface area contributed by atoms with E-state index in [-0.39, 0.29) is 17.2 Å². The minimum absolute atomic E-state index is 0.0341. The number of halogens is 1. The molecular weight excluding hydrogens is 355 g/mol. The molecule has 154 valence electrons. The van der Waals surface area contributed by atoms with Gasteiger partial charge >= 0.3 is 0 Å². The van der Waals surface area contributed by atoms with Gasteiger partial charge in [-0.05, 0) is 84.4 Å². The second-order valence-corrected chi connectivity index (χ2v) is 9.31. The first-order chi connectivity index (χ1) is 13.6. The van der Waals surface area contributed by atoms with Gasteiger partial charge in [0.25, 0.3) is 0 Å². The Labute approximate surface area is 176 Å². The predicted octanol–water partition coefficient (Wildman–Crippen LogP) is 8.49. The largest absolute Gasteiger partial charge is 0.207 e. The summed E-state index contributed by atoms with van der Waals surface area (Å²) in [5.41, 5.74) is 7.35. The van der Waals surface area contributed by atoms with E-state index >= 15 is 4.39 Å². The average Bonchev–Trinajstić information content (AvgIpc) is 2.67. The van der Waals surface area contributed by atoms with E-state index < -0.39 is 5.41 Å². The molecule has 0 spiro atoms. The highest BCUT2D eigenvalue weighted by Gasteiger charge is 2.46. The van der Waals surface area contributed by atoms with Crippen LogP contribution in [0.5, 0.6) is 0 Å². The van der Waals surface area contributed by atoms with Gasteiger partial charge in [-0.15, -0.1) is 0 Å². The van der Waals surface area contributed by atoms with E-state index in [1.54, 1.807) is 0 Å². The summed E-state index contributed by atoms with van der Waals surface area (Å²) in [4.78, 5) is 0. The number of benzene rings is 1. The quantitative estimate of drug-likeness (QED) is 0.452. The molecule has 0 aromatic heterocycles. The minimum Gasteiger partial charge on any atom is -0.207 e. The molecule has 2 unspecified atom stereocenters. The Morgan fingerprint density at radius 3 is 2.52 bits per heavy atom. The summed E-state index contributed by atoms with van der Waals surface area (Å²) < 4.78 is 15.4. The lowest BCUT2D eigenvalue weighted by atomic mass is 9.57. The first-order valence-corrected chi connectivity index (χ1v) is 10.8. The molecule has 3 rings (SSSR count). The van der Waals surface area contributed by atoms with Gasteiger partial charge in [0.05, 0.1) is 0 Å². The van der Waals surface area contributed by atoms with Crippen LogP contribution in [0.4, 0.5) is 4.39 Å². The third-order valence-electron chi connectivity index (χ3n) is 7.22. The first kappa shape index (κ1) is 21.6. The monoisotopic (exact) mass is 390 g/mol. The van der Waals surface area contributed by atoms with Crippen LogP contribution in [0.1, 0.15) is 76.6 Å². The molecule has 29 heavy (non-hydrogen) atoms. The van der Waals surface area contributed by atoms with Crippen molar-refractivity contribution in [3.8, 4) is 0 Å². The van der Waals surface area contributed by atoms with Crippen LogP contribution in [0, 0.1) is 18.3 Å². The van der Waals surface area contributed by atoms with E-state index in [2.05, 4.69) is 84.6 Å². The fraction of sp³-hybridized carbons (Fsp3) is 0.429. The number of allylic oxidation sites excluding steroid dienone is 8. The van der Waals surface area contributed by atoms with Gasteiger partial charge in [0.15, 0.2) is 0 Å². The van der Waals surface area contributed by atoms with E-state index in [4.69, 9.17) is 0 Å². The summed E-state index contributed by atoms with van der Waals surface area (Å²) >= 11 is 0. The summed E-state index contributed by atoms with van der Waals surface area (Å²) in [6.07, 6.45) is 12.2. The maximum Gasteiger partial charge on any atom is 0.123 e. The maximum absolute atomic E-state index is 15.4. The third-order valence-corrected chi connectivity index (χ3v) is 7.22. The van der Waals surface area contributed by atoms with Crippen molar-refractivity contribution in [1.29, 1.82) is 0 Å². The van der Waals surface area contributed by atoms with Crippen molar-refractivity contribution in [3.63, 3.8) is 0 Å². The zero-order chi connectivity index (χ0) is 21.6. The SMILES string of the molecule is C=C1C2=C(C(F)=CCC2C(C)(C=CC)CC)C(C)(C)c2ccc(C)c(/C=C\C)c21. The molecule has 0 N–H and O–H groups in total. The predicted molar refractivity (Wildman–Crippen MR) is 125 cm³/mol. The molecule has 0 saturated carbocycles. The topological polar surface area (TPSA) is 0 Å². The fourth-order valence-corrected chi connectivity index (χ4v) is 5.42. The highest BCUT2D eigenvalue weighted by molar-refractivity contribution is 5.91. The van der Waals surface area contributed by atoms with Gasteiger partial charge in [-0.3, -0.25) is 0 Å². The molecule has 0 nitrogen and oxygen atoms in total. The second kappa shape index (κ2) is 7.59. The van der Waals surface area contributed by atoms with Crippen LogP contribution in [0.15, 0.2) is 60.0 Å². The van der Waals surface area contributed by atoms with Gasteiger partial charge in [-0.25, -0.2) is 4.39 Å². The first-order valence-electron chi connectivity index (χ1n) is 10.8. The van der Waals surface area contributed by atoms with Crippen molar-refractivity contribution in [2.75, 3.05) is 0 Å². The van der Waals surface area contributed by atoms with Crippen LogP contribution in [-0.4, -0.2) is 0 Å². The summed E-state index contributed by atoms with van der Waals surface area (Å²) in [7, 11) is 0. The molecule has 0 radical (unpaired) electrons. The minimum atomic E-state index is -0.403. The zero-order valence-corrected chi connectivity index (χ0v) is 19.1. The van der Waals surface area contributed by atoms with Crippen LogP contribution in [0.25, 0.3) is 11.6 Å². The van der Waals surface area contributed by atoms with Crippen LogP contribution < -0.4 is 0 Å². The molecule has 0 fully saturated rings. The summed E-state index contributed by atoms with van der Waals surface area (Å²) in [6.45, 7) is 19.7. The molecular formula is C28H35F. The van der Waals surface area contributed by atoms with Crippen LogP contribution in [0.3, 0.4) is 0 Å². The number of rotatable bonds is 4. The lowest BCUT2D eigenvalue weighted by Gasteiger charge is -2.47. The number of fused-ring (bicyclic) bond motifs is 1. The van der Waals surface area contributed by atoms with E-state index in [9.17, 15) is 0 Å². The Bertz CT molecular complexity index is 964. The molecule has 2 aliphatic rings. The highest BCUT2D eigenvalue weighted by Crippen LogP contribution is 2.57. The van der Waals surface area contributed by atoms with E-state index in [1.807, 2.05) is 13.0 Å². The van der Waals surface area contributed by atoms with Crippen molar-refractivity contribution >= 4 is 11.6 Å². The summed E-state index contributed by atoms with van der Waals surface area (Å²) in [6, 6.07) is 4.33. The van der Waals surface area contributed by atoms with E-state index in [0.29, 0.717) is 6.42 Å². The smallest absolute Gasteiger partial charge is 0.123 e. The molecule has 0 saturated heterocycles. The Morgan fingerprint density at radius 2 is 1.93 bits per heavy atom. The standard InChI is InChI=1S/C28H35F/c1-9-12-20-18(4)13-14-21-24(20)19(5)25-22(28(8,11-3)17-10-2)15-16-23(29)26(25)27(21,6)7/h9-10,12-14,16-17,22H,5,11,15H2,1-4,6-8H3/b12-9-,17-10?. The summed E-state index contributed by atoms with van der Waals surface area (Å²) in [5.74, 6) is 0.150. The Kier molecular flexibility index (Phi) is 5.64. The van der Waals surface area contributed by atoms with Crippen molar-refractivity contribution in [2.24, 2.45) is 11.3 Å². The van der Waals surface area contributed by atoms with Gasteiger partial charge in [0.2, 0.25) is 0 Å². The zero-order valence-electron chi connectivity index (χ0n) is 19.1. The molecule has 1 aromatic rings. The van der Waals surface area contributed by atoms with E-state index in [1.165, 1.54) is 22.3 Å². The van der Waals surface area contributed by atoms with E-state index in [0.717, 1.165) is 23.1 Å². The Morgan fingerprint density at radius 1 is 1.24 bits per heavy atom. The number of hydrogen-bond donors (Lipinski definition) is 0. The van der Waals surface area contributed by atoms with Crippen LogP contribution >= 0.6 is 0 Å². The molecule has 1 aromatic carbocycles. The van der Waals surface area contributed by atoms with Crippen molar-refractivity contribution in [2.45, 2.75) is 66.7 Å². The van der Waals surface area contributed by atoms with Crippen molar-refractivity contribution < 1.29 is 4.39 Å². The second-order valence-electron chi connectivity index (χ2n) is 9.31. The molecule has 2 atom stereocenters. The Balaban J connectivity index is 2.37. The Hall–Kier alpha value is -2.15. The molecule has 0 bridgehead atoms. The molecule has 1 heteroatoms. The summed E-state index contributed by atoms with van der Waals surface area (Å²) in [5, 5.41) is 0. The van der Waals surface area contributed by atoms with Crippen molar-refractivity contribution in [3.05, 3.63) is 82.2 Å². The number of hydrogen-bond acceptors (Lipinski definition) is 0. The lowest BCUT2D eigenvalue weighted by Crippen LogP contribution is -2.36. The lowest BCUT2D eigenvalue weighted by molar-refractivity contribution is 0.279. The maximum atomic E-state index is 15.4. The van der Waals surface area contributed by atoms with Gasteiger partial charge in [0, 0.05) is 11.0 Å². The normalized spacial score (nSPS) is 23.2. The molecule has 2 aliphatic carbocycles. The van der Waals surface area contributed by atoms with Gasteiger partial charge in [-0.1, -0.05) is 70.7 Å². The van der Waals surface area contributed by atoms with Crippen LogP contribution in [-0.2, 0) is 5.41 Å². The van der Waals surface area contributed by atoms with Gasteiger partial charge < -0.3 is 0 Å². The van der Waals surface area contributed by atoms with Gasteiger partial charge in [0.1, 0.15) is 5.83 Å². The van der Waals surface area contributed by atoms with Crippen LogP contribution in [0.2, 0.25) is 0 Å². The van der Waals surface area contributed by atoms with Crippen molar-refractivity contribution in [1.82, 2.24) is 0 Å². The fourth-order valence-electron chi connectivity index (χ4n) is 5.42.